The summed E-state index contributed by atoms with van der Waals surface area (Å²) >= 11 is 0. The van der Waals surface area contributed by atoms with E-state index in [1.807, 2.05) is 13.8 Å². The van der Waals surface area contributed by atoms with Crippen molar-refractivity contribution in [3.63, 3.8) is 0 Å². The van der Waals surface area contributed by atoms with E-state index in [4.69, 9.17) is 4.74 Å². The van der Waals surface area contributed by atoms with Gasteiger partial charge in [0.05, 0.1) is 17.1 Å². The Morgan fingerprint density at radius 1 is 1.36 bits per heavy atom. The molecule has 3 rings (SSSR count). The van der Waals surface area contributed by atoms with Crippen LogP contribution in [-0.2, 0) is 19.4 Å². The van der Waals surface area contributed by atoms with E-state index in [2.05, 4.69) is 5.32 Å². The highest BCUT2D eigenvalue weighted by atomic mass is 32.2. The molecular weight excluding hydrogens is 346 g/mol. The number of amides is 3. The molecule has 0 radical (unpaired) electrons. The average Bonchev–Trinajstić information content (AvgIpc) is 2.81. The number of nitrogens with zero attached hydrogens (tertiary/aromatic N) is 2. The van der Waals surface area contributed by atoms with Crippen LogP contribution in [0.1, 0.15) is 33.1 Å². The van der Waals surface area contributed by atoms with Crippen molar-refractivity contribution in [2.75, 3.05) is 37.7 Å². The van der Waals surface area contributed by atoms with E-state index in [1.54, 1.807) is 4.90 Å². The number of piperazine rings is 1. The summed E-state index contributed by atoms with van der Waals surface area (Å²) in [4.78, 5) is 28.0. The molecule has 9 heteroatoms. The van der Waals surface area contributed by atoms with E-state index >= 15 is 0 Å². The number of hydrogen-bond acceptors (Lipinski definition) is 5. The smallest absolute Gasteiger partial charge is 0.318 e. The molecule has 0 aromatic rings. The lowest BCUT2D eigenvalue weighted by Gasteiger charge is -2.40. The zero-order valence-electron chi connectivity index (χ0n) is 14.9. The number of carbonyl (C=O) groups is 2. The first kappa shape index (κ1) is 18.4. The molecule has 3 heterocycles. The van der Waals surface area contributed by atoms with Crippen molar-refractivity contribution in [2.45, 2.75) is 50.8 Å². The van der Waals surface area contributed by atoms with Crippen LogP contribution in [0, 0.1) is 0 Å². The quantitative estimate of drug-likeness (QED) is 0.734. The predicted molar refractivity (Wildman–Crippen MR) is 91.9 cm³/mol. The fourth-order valence-electron chi connectivity index (χ4n) is 3.98. The lowest BCUT2D eigenvalue weighted by molar-refractivity contribution is -0.136. The first-order chi connectivity index (χ1) is 11.7. The SMILES string of the molecule is CC(C)N1CCN(C(=O)NC2CCOC3(CCS(=O)(=O)C3)C2)CC1=O. The molecule has 3 aliphatic rings. The first-order valence-electron chi connectivity index (χ1n) is 8.89. The van der Waals surface area contributed by atoms with Gasteiger partial charge in [-0.2, -0.15) is 0 Å². The summed E-state index contributed by atoms with van der Waals surface area (Å²) < 4.78 is 29.3. The number of carbonyl (C=O) groups excluding carboxylic acids is 2. The molecule has 0 aromatic heterocycles. The van der Waals surface area contributed by atoms with Gasteiger partial charge in [0, 0.05) is 31.8 Å². The molecule has 1 spiro atoms. The van der Waals surface area contributed by atoms with Crippen LogP contribution in [0.15, 0.2) is 0 Å². The van der Waals surface area contributed by atoms with Gasteiger partial charge >= 0.3 is 6.03 Å². The second kappa shape index (κ2) is 6.75. The molecular formula is C16H27N3O5S. The lowest BCUT2D eigenvalue weighted by atomic mass is 9.90. The van der Waals surface area contributed by atoms with Crippen LogP contribution in [-0.4, -0.2) is 85.6 Å². The monoisotopic (exact) mass is 373 g/mol. The third-order valence-electron chi connectivity index (χ3n) is 5.34. The minimum absolute atomic E-state index is 0.0396. The van der Waals surface area contributed by atoms with Crippen molar-refractivity contribution >= 4 is 21.8 Å². The van der Waals surface area contributed by atoms with Crippen LogP contribution in [0.5, 0.6) is 0 Å². The predicted octanol–water partition coefficient (Wildman–Crippen LogP) is -0.0151. The van der Waals surface area contributed by atoms with E-state index in [9.17, 15) is 18.0 Å². The van der Waals surface area contributed by atoms with Crippen molar-refractivity contribution in [3.8, 4) is 0 Å². The second-order valence-electron chi connectivity index (χ2n) is 7.62. The Morgan fingerprint density at radius 3 is 2.72 bits per heavy atom. The molecule has 1 N–H and O–H groups in total. The highest BCUT2D eigenvalue weighted by molar-refractivity contribution is 7.91. The molecule has 0 aliphatic carbocycles. The number of sulfone groups is 1. The zero-order valence-corrected chi connectivity index (χ0v) is 15.7. The molecule has 8 nitrogen and oxygen atoms in total. The van der Waals surface area contributed by atoms with Crippen molar-refractivity contribution in [2.24, 2.45) is 0 Å². The van der Waals surface area contributed by atoms with Crippen LogP contribution >= 0.6 is 0 Å². The Balaban J connectivity index is 1.56. The van der Waals surface area contributed by atoms with Gasteiger partial charge in [-0.25, -0.2) is 13.2 Å². The molecule has 3 fully saturated rings. The van der Waals surface area contributed by atoms with Crippen LogP contribution in [0.3, 0.4) is 0 Å². The van der Waals surface area contributed by atoms with Gasteiger partial charge in [0.15, 0.2) is 9.84 Å². The van der Waals surface area contributed by atoms with Crippen LogP contribution in [0.25, 0.3) is 0 Å². The maximum atomic E-state index is 12.5. The maximum Gasteiger partial charge on any atom is 0.318 e. The maximum absolute atomic E-state index is 12.5. The topological polar surface area (TPSA) is 96.0 Å². The summed E-state index contributed by atoms with van der Waals surface area (Å²) in [6.07, 6.45) is 1.67. The van der Waals surface area contributed by atoms with Gasteiger partial charge in [0.2, 0.25) is 5.91 Å². The molecule has 142 valence electrons. The van der Waals surface area contributed by atoms with E-state index in [-0.39, 0.29) is 42.1 Å². The summed E-state index contributed by atoms with van der Waals surface area (Å²) in [6, 6.07) is -0.232. The average molecular weight is 373 g/mol. The second-order valence-corrected chi connectivity index (χ2v) is 9.80. The normalized spacial score (nSPS) is 32.4. The fourth-order valence-corrected chi connectivity index (χ4v) is 5.96. The number of ether oxygens (including phenoxy) is 1. The van der Waals surface area contributed by atoms with Crippen LogP contribution in [0.2, 0.25) is 0 Å². The molecule has 0 saturated carbocycles. The minimum atomic E-state index is -3.05. The number of nitrogens with one attached hydrogen (secondary N) is 1. The first-order valence-corrected chi connectivity index (χ1v) is 10.7. The van der Waals surface area contributed by atoms with Gasteiger partial charge in [0.1, 0.15) is 6.54 Å². The standard InChI is InChI=1S/C16H27N3O5S/c1-12(2)19-6-5-18(10-14(19)20)15(21)17-13-3-7-24-16(9-13)4-8-25(22,23)11-16/h12-13H,3-11H2,1-2H3,(H,17,21). The van der Waals surface area contributed by atoms with Gasteiger partial charge in [-0.15, -0.1) is 0 Å². The molecule has 3 aliphatic heterocycles. The summed E-state index contributed by atoms with van der Waals surface area (Å²) in [6.45, 7) is 5.52. The molecule has 0 bridgehead atoms. The summed E-state index contributed by atoms with van der Waals surface area (Å²) in [5, 5.41) is 2.97. The molecule has 25 heavy (non-hydrogen) atoms. The van der Waals surface area contributed by atoms with E-state index in [0.29, 0.717) is 39.0 Å². The van der Waals surface area contributed by atoms with Gasteiger partial charge < -0.3 is 19.9 Å². The molecule has 3 amide bonds. The Labute approximate surface area is 148 Å². The summed E-state index contributed by atoms with van der Waals surface area (Å²) in [5.74, 6) is 0.152. The summed E-state index contributed by atoms with van der Waals surface area (Å²) in [5.41, 5.74) is -0.652. The van der Waals surface area contributed by atoms with Gasteiger partial charge in [-0.1, -0.05) is 0 Å². The number of rotatable bonds is 2. The summed E-state index contributed by atoms with van der Waals surface area (Å²) in [7, 11) is -3.05. The van der Waals surface area contributed by atoms with Crippen molar-refractivity contribution in [1.82, 2.24) is 15.1 Å². The third kappa shape index (κ3) is 4.08. The third-order valence-corrected chi connectivity index (χ3v) is 7.13. The molecule has 3 saturated heterocycles. The zero-order chi connectivity index (χ0) is 18.2. The Kier molecular flexibility index (Phi) is 4.98. The fraction of sp³-hybridized carbons (Fsp3) is 0.875. The van der Waals surface area contributed by atoms with Crippen molar-refractivity contribution in [3.05, 3.63) is 0 Å². The Bertz CT molecular complexity index is 650. The minimum Gasteiger partial charge on any atom is -0.374 e. The molecule has 2 unspecified atom stereocenters. The van der Waals surface area contributed by atoms with Crippen molar-refractivity contribution < 1.29 is 22.7 Å². The van der Waals surface area contributed by atoms with Crippen molar-refractivity contribution in [1.29, 1.82) is 0 Å². The van der Waals surface area contributed by atoms with E-state index < -0.39 is 15.4 Å². The van der Waals surface area contributed by atoms with Gasteiger partial charge in [-0.05, 0) is 33.1 Å². The van der Waals surface area contributed by atoms with Gasteiger partial charge in [0.25, 0.3) is 0 Å². The Morgan fingerprint density at radius 2 is 2.12 bits per heavy atom. The largest absolute Gasteiger partial charge is 0.374 e. The van der Waals surface area contributed by atoms with E-state index in [1.165, 1.54) is 4.90 Å². The Hall–Kier alpha value is -1.35. The molecule has 0 aromatic carbocycles. The van der Waals surface area contributed by atoms with Crippen LogP contribution < -0.4 is 5.32 Å². The molecule has 2 atom stereocenters. The number of urea groups is 1. The van der Waals surface area contributed by atoms with Gasteiger partial charge in [-0.3, -0.25) is 4.79 Å². The van der Waals surface area contributed by atoms with Crippen LogP contribution in [0.4, 0.5) is 4.79 Å². The highest BCUT2D eigenvalue weighted by Gasteiger charge is 2.47. The van der Waals surface area contributed by atoms with E-state index in [0.717, 1.165) is 0 Å². The highest BCUT2D eigenvalue weighted by Crippen LogP contribution is 2.35. The lowest BCUT2D eigenvalue weighted by Crippen LogP contribution is -2.58. The number of hydrogen-bond donors (Lipinski definition) is 1.